The number of rotatable bonds is 5. The molecule has 1 aliphatic rings. The van der Waals surface area contributed by atoms with Crippen LogP contribution in [0.25, 0.3) is 0 Å². The fourth-order valence-corrected chi connectivity index (χ4v) is 3.69. The summed E-state index contributed by atoms with van der Waals surface area (Å²) in [5, 5.41) is 0. The number of aryl methyl sites for hydroxylation is 2. The Bertz CT molecular complexity index is 729. The van der Waals surface area contributed by atoms with Crippen LogP contribution in [0.1, 0.15) is 41.5 Å². The first-order valence-electron chi connectivity index (χ1n) is 8.66. The molecule has 1 unspecified atom stereocenters. The number of nitrogens with two attached hydrogens (primary N) is 1. The van der Waals surface area contributed by atoms with Gasteiger partial charge in [0.25, 0.3) is 0 Å². The normalized spacial score (nSPS) is 14.8. The maximum absolute atomic E-state index is 11.7. The molecule has 3 rings (SSSR count). The van der Waals surface area contributed by atoms with Gasteiger partial charge in [-0.1, -0.05) is 19.1 Å². The molecule has 132 valence electrons. The molecule has 2 N–H and O–H groups in total. The SMILES string of the molecule is COc1ccc2c(c1)CCc1cc(OC)ccc1C2CC(C)C(N)=O. The first-order chi connectivity index (χ1) is 12.0. The molecule has 1 atom stereocenters. The largest absolute Gasteiger partial charge is 0.497 e. The van der Waals surface area contributed by atoms with Gasteiger partial charge >= 0.3 is 0 Å². The van der Waals surface area contributed by atoms with E-state index >= 15 is 0 Å². The molecule has 0 saturated carbocycles. The number of methoxy groups -OCH3 is 2. The third kappa shape index (κ3) is 3.48. The molecule has 2 aromatic rings. The zero-order chi connectivity index (χ0) is 18.0. The summed E-state index contributed by atoms with van der Waals surface area (Å²) in [6.45, 7) is 1.90. The minimum atomic E-state index is -0.255. The van der Waals surface area contributed by atoms with Crippen molar-refractivity contribution in [1.29, 1.82) is 0 Å². The Labute approximate surface area is 148 Å². The van der Waals surface area contributed by atoms with Crippen LogP contribution in [0.3, 0.4) is 0 Å². The van der Waals surface area contributed by atoms with Crippen LogP contribution in [0.4, 0.5) is 0 Å². The van der Waals surface area contributed by atoms with E-state index in [4.69, 9.17) is 15.2 Å². The van der Waals surface area contributed by atoms with Crippen LogP contribution in [0.5, 0.6) is 11.5 Å². The highest BCUT2D eigenvalue weighted by Crippen LogP contribution is 2.40. The molecule has 4 heteroatoms. The molecule has 0 aromatic heterocycles. The van der Waals surface area contributed by atoms with E-state index in [1.807, 2.05) is 19.1 Å². The molecule has 4 nitrogen and oxygen atoms in total. The van der Waals surface area contributed by atoms with E-state index < -0.39 is 0 Å². The van der Waals surface area contributed by atoms with Gasteiger partial charge in [0.1, 0.15) is 11.5 Å². The van der Waals surface area contributed by atoms with Crippen LogP contribution < -0.4 is 15.2 Å². The van der Waals surface area contributed by atoms with Crippen molar-refractivity contribution in [3.63, 3.8) is 0 Å². The van der Waals surface area contributed by atoms with Crippen LogP contribution in [0.2, 0.25) is 0 Å². The summed E-state index contributed by atoms with van der Waals surface area (Å²) in [4.78, 5) is 11.7. The van der Waals surface area contributed by atoms with Crippen molar-refractivity contribution in [1.82, 2.24) is 0 Å². The fraction of sp³-hybridized carbons (Fsp3) is 0.381. The van der Waals surface area contributed by atoms with Gasteiger partial charge in [0.05, 0.1) is 14.2 Å². The first-order valence-corrected chi connectivity index (χ1v) is 8.66. The summed E-state index contributed by atoms with van der Waals surface area (Å²) in [7, 11) is 3.37. The van der Waals surface area contributed by atoms with E-state index in [1.54, 1.807) is 14.2 Å². The van der Waals surface area contributed by atoms with Gasteiger partial charge in [-0.3, -0.25) is 4.79 Å². The van der Waals surface area contributed by atoms with E-state index in [0.717, 1.165) is 24.3 Å². The third-order valence-electron chi connectivity index (χ3n) is 5.19. The lowest BCUT2D eigenvalue weighted by Gasteiger charge is -2.23. The number of ether oxygens (including phenoxy) is 2. The number of carbonyl (C=O) groups excluding carboxylic acids is 1. The van der Waals surface area contributed by atoms with Crippen LogP contribution in [0, 0.1) is 5.92 Å². The fourth-order valence-electron chi connectivity index (χ4n) is 3.69. The molecular weight excluding hydrogens is 314 g/mol. The molecule has 0 saturated heterocycles. The number of primary amides is 1. The lowest BCUT2D eigenvalue weighted by Crippen LogP contribution is -2.23. The summed E-state index contributed by atoms with van der Waals surface area (Å²) in [5.41, 5.74) is 10.6. The van der Waals surface area contributed by atoms with E-state index in [9.17, 15) is 4.79 Å². The van der Waals surface area contributed by atoms with E-state index in [2.05, 4.69) is 24.3 Å². The Hall–Kier alpha value is -2.49. The van der Waals surface area contributed by atoms with E-state index in [0.29, 0.717) is 6.42 Å². The highest BCUT2D eigenvalue weighted by Gasteiger charge is 2.27. The average Bonchev–Trinajstić information content (AvgIpc) is 2.77. The minimum Gasteiger partial charge on any atom is -0.497 e. The van der Waals surface area contributed by atoms with Gasteiger partial charge in [-0.05, 0) is 65.8 Å². The minimum absolute atomic E-state index is 0.145. The first kappa shape index (κ1) is 17.3. The molecule has 2 aromatic carbocycles. The predicted octanol–water partition coefficient (Wildman–Crippen LogP) is 3.45. The van der Waals surface area contributed by atoms with Gasteiger partial charge in [-0.15, -0.1) is 0 Å². The smallest absolute Gasteiger partial charge is 0.220 e. The lowest BCUT2D eigenvalue weighted by atomic mass is 9.81. The van der Waals surface area contributed by atoms with Crippen molar-refractivity contribution in [2.75, 3.05) is 14.2 Å². The van der Waals surface area contributed by atoms with Gasteiger partial charge in [-0.2, -0.15) is 0 Å². The molecule has 0 fully saturated rings. The van der Waals surface area contributed by atoms with Crippen molar-refractivity contribution in [3.05, 3.63) is 58.7 Å². The molecule has 0 aliphatic heterocycles. The van der Waals surface area contributed by atoms with Gasteiger partial charge in [0.2, 0.25) is 5.91 Å². The molecule has 0 heterocycles. The highest BCUT2D eigenvalue weighted by atomic mass is 16.5. The summed E-state index contributed by atoms with van der Waals surface area (Å²) in [6.07, 6.45) is 2.58. The number of fused-ring (bicyclic) bond motifs is 2. The zero-order valence-corrected chi connectivity index (χ0v) is 15.0. The van der Waals surface area contributed by atoms with Crippen molar-refractivity contribution in [2.24, 2.45) is 11.7 Å². The topological polar surface area (TPSA) is 61.6 Å². The monoisotopic (exact) mass is 339 g/mol. The molecule has 0 bridgehead atoms. The Morgan fingerprint density at radius 1 is 1.04 bits per heavy atom. The molecular formula is C21H25NO3. The van der Waals surface area contributed by atoms with Crippen LogP contribution in [0.15, 0.2) is 36.4 Å². The van der Waals surface area contributed by atoms with E-state index in [-0.39, 0.29) is 17.7 Å². The Morgan fingerprint density at radius 3 is 1.92 bits per heavy atom. The number of hydrogen-bond acceptors (Lipinski definition) is 3. The molecule has 0 radical (unpaired) electrons. The molecule has 25 heavy (non-hydrogen) atoms. The second-order valence-electron chi connectivity index (χ2n) is 6.72. The van der Waals surface area contributed by atoms with Crippen LogP contribution in [-0.4, -0.2) is 20.1 Å². The van der Waals surface area contributed by atoms with Gasteiger partial charge < -0.3 is 15.2 Å². The quantitative estimate of drug-likeness (QED) is 0.907. The predicted molar refractivity (Wildman–Crippen MR) is 98.2 cm³/mol. The van der Waals surface area contributed by atoms with Gasteiger partial charge in [-0.25, -0.2) is 0 Å². The van der Waals surface area contributed by atoms with E-state index in [1.165, 1.54) is 22.3 Å². The average molecular weight is 339 g/mol. The molecule has 1 aliphatic carbocycles. The Balaban J connectivity index is 2.10. The summed E-state index contributed by atoms with van der Waals surface area (Å²) in [6, 6.07) is 12.5. The number of amides is 1. The van der Waals surface area contributed by atoms with Crippen LogP contribution >= 0.6 is 0 Å². The maximum Gasteiger partial charge on any atom is 0.220 e. The second-order valence-corrected chi connectivity index (χ2v) is 6.72. The van der Waals surface area contributed by atoms with Crippen molar-refractivity contribution in [2.45, 2.75) is 32.1 Å². The summed E-state index contributed by atoms with van der Waals surface area (Å²) in [5.74, 6) is 1.43. The zero-order valence-electron chi connectivity index (χ0n) is 15.0. The number of benzene rings is 2. The number of hydrogen-bond donors (Lipinski definition) is 1. The molecule has 0 spiro atoms. The maximum atomic E-state index is 11.7. The summed E-state index contributed by atoms with van der Waals surface area (Å²) < 4.78 is 10.8. The highest BCUT2D eigenvalue weighted by molar-refractivity contribution is 5.76. The lowest BCUT2D eigenvalue weighted by molar-refractivity contribution is -0.121. The van der Waals surface area contributed by atoms with Gasteiger partial charge in [0, 0.05) is 11.8 Å². The second kappa shape index (κ2) is 7.18. The van der Waals surface area contributed by atoms with Gasteiger partial charge in [0.15, 0.2) is 0 Å². The number of carbonyl (C=O) groups is 1. The summed E-state index contributed by atoms with van der Waals surface area (Å²) >= 11 is 0. The standard InChI is InChI=1S/C21H25NO3/c1-13(21(22)23)10-20-18-8-6-16(24-2)11-14(18)4-5-15-12-17(25-3)7-9-19(15)20/h6-9,11-13,20H,4-5,10H2,1-3H3,(H2,22,23). The van der Waals surface area contributed by atoms with Crippen molar-refractivity contribution >= 4 is 5.91 Å². The van der Waals surface area contributed by atoms with Crippen LogP contribution in [-0.2, 0) is 17.6 Å². The molecule has 1 amide bonds. The van der Waals surface area contributed by atoms with Crippen molar-refractivity contribution in [3.8, 4) is 11.5 Å². The van der Waals surface area contributed by atoms with Crippen molar-refractivity contribution < 1.29 is 14.3 Å². The Kier molecular flexibility index (Phi) is 4.98. The third-order valence-corrected chi connectivity index (χ3v) is 5.19. The Morgan fingerprint density at radius 2 is 1.52 bits per heavy atom.